The minimum absolute atomic E-state index is 0.192. The lowest BCUT2D eigenvalue weighted by Crippen LogP contribution is -2.05. The van der Waals surface area contributed by atoms with E-state index in [-0.39, 0.29) is 5.41 Å². The van der Waals surface area contributed by atoms with E-state index in [0.717, 1.165) is 12.0 Å². The van der Waals surface area contributed by atoms with Gasteiger partial charge in [-0.15, -0.1) is 0 Å². The van der Waals surface area contributed by atoms with Crippen LogP contribution >= 0.6 is 0 Å². The van der Waals surface area contributed by atoms with Gasteiger partial charge in [0.25, 0.3) is 0 Å². The van der Waals surface area contributed by atoms with Crippen molar-refractivity contribution in [3.63, 3.8) is 0 Å². The molecule has 2 unspecified atom stereocenters. The number of pyridine rings is 1. The highest BCUT2D eigenvalue weighted by atomic mass is 14.6. The molecule has 2 atom stereocenters. The van der Waals surface area contributed by atoms with Crippen molar-refractivity contribution < 1.29 is 0 Å². The van der Waals surface area contributed by atoms with E-state index in [1.807, 2.05) is 12.1 Å². The third kappa shape index (κ3) is 0.831. The average Bonchev–Trinajstić information content (AvgIpc) is 2.80. The van der Waals surface area contributed by atoms with Gasteiger partial charge < -0.3 is 0 Å². The summed E-state index contributed by atoms with van der Waals surface area (Å²) < 4.78 is 0. The molecule has 1 heterocycles. The number of nitriles is 1. The second-order valence-electron chi connectivity index (χ2n) is 3.42. The Balaban J connectivity index is 2.39. The summed E-state index contributed by atoms with van der Waals surface area (Å²) in [6, 6.07) is 6.27. The number of hydrogen-bond donors (Lipinski definition) is 0. The molecule has 2 heteroatoms. The first-order valence-electron chi connectivity index (χ1n) is 4.11. The first-order chi connectivity index (χ1) is 5.79. The van der Waals surface area contributed by atoms with Crippen LogP contribution in [0.4, 0.5) is 0 Å². The monoisotopic (exact) mass is 158 g/mol. The van der Waals surface area contributed by atoms with E-state index in [1.165, 1.54) is 0 Å². The van der Waals surface area contributed by atoms with Crippen LogP contribution < -0.4 is 0 Å². The number of hydrogen-bond acceptors (Lipinski definition) is 2. The van der Waals surface area contributed by atoms with Crippen LogP contribution in [-0.2, 0) is 5.41 Å². The van der Waals surface area contributed by atoms with Crippen LogP contribution in [0.15, 0.2) is 24.5 Å². The second kappa shape index (κ2) is 2.31. The molecule has 1 fully saturated rings. The zero-order chi connectivity index (χ0) is 8.60. The Morgan fingerprint density at radius 3 is 2.58 bits per heavy atom. The normalized spacial score (nSPS) is 32.5. The highest BCUT2D eigenvalue weighted by Crippen LogP contribution is 2.53. The molecule has 1 aliphatic carbocycles. The molecule has 0 aromatic carbocycles. The van der Waals surface area contributed by atoms with E-state index in [4.69, 9.17) is 5.26 Å². The van der Waals surface area contributed by atoms with Crippen molar-refractivity contribution in [3.8, 4) is 6.07 Å². The summed E-state index contributed by atoms with van der Waals surface area (Å²) in [5, 5.41) is 9.01. The first-order valence-corrected chi connectivity index (χ1v) is 4.11. The van der Waals surface area contributed by atoms with Crippen molar-refractivity contribution in [2.24, 2.45) is 5.92 Å². The van der Waals surface area contributed by atoms with Gasteiger partial charge in [-0.3, -0.25) is 4.98 Å². The summed E-state index contributed by atoms with van der Waals surface area (Å²) >= 11 is 0. The predicted octanol–water partition coefficient (Wildman–Crippen LogP) is 1.88. The van der Waals surface area contributed by atoms with Crippen LogP contribution in [0.3, 0.4) is 0 Å². The SMILES string of the molecule is CC1CC1(C#N)c1ccncc1. The van der Waals surface area contributed by atoms with Crippen molar-refractivity contribution in [1.29, 1.82) is 5.26 Å². The number of aromatic nitrogens is 1. The van der Waals surface area contributed by atoms with E-state index in [1.54, 1.807) is 12.4 Å². The Morgan fingerprint density at radius 1 is 1.58 bits per heavy atom. The minimum atomic E-state index is -0.192. The zero-order valence-corrected chi connectivity index (χ0v) is 6.99. The molecular weight excluding hydrogens is 148 g/mol. The Morgan fingerprint density at radius 2 is 2.17 bits per heavy atom. The molecule has 0 N–H and O–H groups in total. The van der Waals surface area contributed by atoms with Gasteiger partial charge in [0, 0.05) is 12.4 Å². The molecule has 12 heavy (non-hydrogen) atoms. The maximum Gasteiger partial charge on any atom is 0.0852 e. The van der Waals surface area contributed by atoms with Gasteiger partial charge in [-0.2, -0.15) is 5.26 Å². The van der Waals surface area contributed by atoms with Crippen LogP contribution in [0, 0.1) is 17.2 Å². The summed E-state index contributed by atoms with van der Waals surface area (Å²) in [5.74, 6) is 0.505. The molecule has 1 aromatic heterocycles. The Hall–Kier alpha value is -1.36. The molecule has 1 saturated carbocycles. The summed E-state index contributed by atoms with van der Waals surface area (Å²) in [6.45, 7) is 2.11. The van der Waals surface area contributed by atoms with Gasteiger partial charge in [-0.05, 0) is 30.0 Å². The third-order valence-electron chi connectivity index (χ3n) is 2.70. The molecular formula is C10H10N2. The lowest BCUT2D eigenvalue weighted by Gasteiger charge is -2.05. The molecule has 0 spiro atoms. The molecule has 1 aromatic rings. The standard InChI is InChI=1S/C10H10N2/c1-8-6-10(8,7-11)9-2-4-12-5-3-9/h2-5,8H,6H2,1H3. The topological polar surface area (TPSA) is 36.7 Å². The lowest BCUT2D eigenvalue weighted by molar-refractivity contribution is 0.790. The second-order valence-corrected chi connectivity index (χ2v) is 3.42. The van der Waals surface area contributed by atoms with Gasteiger partial charge in [0.05, 0.1) is 11.5 Å². The van der Waals surface area contributed by atoms with Gasteiger partial charge in [0.1, 0.15) is 0 Å². The molecule has 1 aliphatic rings. The summed E-state index contributed by atoms with van der Waals surface area (Å²) in [5.41, 5.74) is 0.927. The number of rotatable bonds is 1. The van der Waals surface area contributed by atoms with E-state index in [2.05, 4.69) is 18.0 Å². The quantitative estimate of drug-likeness (QED) is 0.625. The fourth-order valence-corrected chi connectivity index (χ4v) is 1.70. The van der Waals surface area contributed by atoms with Crippen molar-refractivity contribution in [3.05, 3.63) is 30.1 Å². The smallest absolute Gasteiger partial charge is 0.0852 e. The Bertz CT molecular complexity index is 325. The molecule has 0 aliphatic heterocycles. The van der Waals surface area contributed by atoms with Crippen LogP contribution in [0.25, 0.3) is 0 Å². The van der Waals surface area contributed by atoms with Gasteiger partial charge in [0.15, 0.2) is 0 Å². The summed E-state index contributed by atoms with van der Waals surface area (Å²) in [6.07, 6.45) is 4.49. The van der Waals surface area contributed by atoms with Gasteiger partial charge in [0.2, 0.25) is 0 Å². The predicted molar refractivity (Wildman–Crippen MR) is 45.3 cm³/mol. The first kappa shape index (κ1) is 7.30. The Labute approximate surface area is 71.9 Å². The van der Waals surface area contributed by atoms with Crippen molar-refractivity contribution in [2.75, 3.05) is 0 Å². The van der Waals surface area contributed by atoms with E-state index < -0.39 is 0 Å². The van der Waals surface area contributed by atoms with Crippen LogP contribution in [0.1, 0.15) is 18.9 Å². The minimum Gasteiger partial charge on any atom is -0.265 e. The molecule has 0 bridgehead atoms. The largest absolute Gasteiger partial charge is 0.265 e. The summed E-state index contributed by atoms with van der Waals surface area (Å²) in [4.78, 5) is 3.94. The molecule has 60 valence electrons. The summed E-state index contributed by atoms with van der Waals surface area (Å²) in [7, 11) is 0. The van der Waals surface area contributed by atoms with Crippen molar-refractivity contribution in [1.82, 2.24) is 4.98 Å². The van der Waals surface area contributed by atoms with Crippen molar-refractivity contribution >= 4 is 0 Å². The fourth-order valence-electron chi connectivity index (χ4n) is 1.70. The van der Waals surface area contributed by atoms with Crippen LogP contribution in [-0.4, -0.2) is 4.98 Å². The molecule has 0 radical (unpaired) electrons. The maximum atomic E-state index is 9.01. The van der Waals surface area contributed by atoms with Gasteiger partial charge in [-0.1, -0.05) is 6.92 Å². The van der Waals surface area contributed by atoms with Crippen molar-refractivity contribution in [2.45, 2.75) is 18.8 Å². The van der Waals surface area contributed by atoms with E-state index in [0.29, 0.717) is 5.92 Å². The molecule has 0 amide bonds. The molecule has 2 nitrogen and oxygen atoms in total. The third-order valence-corrected chi connectivity index (χ3v) is 2.70. The fraction of sp³-hybridized carbons (Fsp3) is 0.400. The van der Waals surface area contributed by atoms with Gasteiger partial charge >= 0.3 is 0 Å². The molecule has 2 rings (SSSR count). The highest BCUT2D eigenvalue weighted by molar-refractivity contribution is 5.39. The Kier molecular flexibility index (Phi) is 1.41. The average molecular weight is 158 g/mol. The lowest BCUT2D eigenvalue weighted by atomic mass is 9.97. The molecule has 0 saturated heterocycles. The van der Waals surface area contributed by atoms with Gasteiger partial charge in [-0.25, -0.2) is 0 Å². The van der Waals surface area contributed by atoms with Crippen LogP contribution in [0.2, 0.25) is 0 Å². The zero-order valence-electron chi connectivity index (χ0n) is 6.99. The van der Waals surface area contributed by atoms with E-state index >= 15 is 0 Å². The number of nitrogens with zero attached hydrogens (tertiary/aromatic N) is 2. The maximum absolute atomic E-state index is 9.01. The van der Waals surface area contributed by atoms with E-state index in [9.17, 15) is 0 Å². The highest BCUT2D eigenvalue weighted by Gasteiger charge is 2.53. The van der Waals surface area contributed by atoms with Crippen LogP contribution in [0.5, 0.6) is 0 Å².